The van der Waals surface area contributed by atoms with E-state index in [1.165, 1.54) is 17.7 Å². The number of aliphatic hydroxyl groups excluding tert-OH is 1. The van der Waals surface area contributed by atoms with Crippen LogP contribution in [0.3, 0.4) is 0 Å². The maximum absolute atomic E-state index is 14.0. The number of aromatic amines is 1. The van der Waals surface area contributed by atoms with E-state index in [0.29, 0.717) is 41.3 Å². The maximum atomic E-state index is 14.0. The van der Waals surface area contributed by atoms with E-state index in [4.69, 9.17) is 4.74 Å². The molecule has 3 saturated heterocycles. The van der Waals surface area contributed by atoms with Crippen LogP contribution >= 0.6 is 0 Å². The minimum absolute atomic E-state index is 0.0204. The van der Waals surface area contributed by atoms with E-state index < -0.39 is 11.5 Å². The van der Waals surface area contributed by atoms with Crippen LogP contribution in [0, 0.1) is 11.8 Å². The van der Waals surface area contributed by atoms with Gasteiger partial charge in [-0.1, -0.05) is 49.6 Å². The second kappa shape index (κ2) is 16.5. The number of hydrogen-bond donors (Lipinski definition) is 5. The number of carbonyl (C=O) groups excluding carboxylic acids is 2. The largest absolute Gasteiger partial charge is 0.506 e. The van der Waals surface area contributed by atoms with E-state index in [9.17, 15) is 24.6 Å². The molecule has 3 aliphatic heterocycles. The lowest BCUT2D eigenvalue weighted by molar-refractivity contribution is -0.167. The van der Waals surface area contributed by atoms with Crippen molar-refractivity contribution in [2.24, 2.45) is 11.8 Å². The Labute approximate surface area is 306 Å². The van der Waals surface area contributed by atoms with Gasteiger partial charge in [-0.15, -0.1) is 0 Å². The van der Waals surface area contributed by atoms with Crippen LogP contribution in [0.1, 0.15) is 106 Å². The van der Waals surface area contributed by atoms with Gasteiger partial charge >= 0.3 is 5.97 Å². The van der Waals surface area contributed by atoms with Gasteiger partial charge in [0.2, 0.25) is 11.5 Å². The molecule has 2 aliphatic carbocycles. The van der Waals surface area contributed by atoms with Crippen molar-refractivity contribution in [1.29, 1.82) is 0 Å². The zero-order chi connectivity index (χ0) is 36.1. The predicted octanol–water partition coefficient (Wildman–Crippen LogP) is 5.39. The lowest BCUT2D eigenvalue weighted by Crippen LogP contribution is -2.53. The number of aromatic nitrogens is 1. The molecular weight excluding hydrogens is 656 g/mol. The smallest absolute Gasteiger partial charge is 0.316 e. The van der Waals surface area contributed by atoms with Gasteiger partial charge in [0.15, 0.2) is 0 Å². The molecule has 8 rings (SSSR count). The molecule has 2 bridgehead atoms. The average molecular weight is 713 g/mol. The van der Waals surface area contributed by atoms with E-state index in [1.807, 2.05) is 0 Å². The van der Waals surface area contributed by atoms with E-state index >= 15 is 0 Å². The molecule has 280 valence electrons. The fourth-order valence-corrected chi connectivity index (χ4v) is 9.43. The van der Waals surface area contributed by atoms with Crippen molar-refractivity contribution >= 4 is 22.8 Å². The average Bonchev–Trinajstić information content (AvgIpc) is 3.16. The molecule has 4 heterocycles. The highest BCUT2D eigenvalue weighted by Gasteiger charge is 2.46. The summed E-state index contributed by atoms with van der Waals surface area (Å²) in [5.41, 5.74) is 2.40. The van der Waals surface area contributed by atoms with Gasteiger partial charge in [-0.3, -0.25) is 19.3 Å². The number of aliphatic hydroxyl groups is 1. The van der Waals surface area contributed by atoms with Gasteiger partial charge in [0, 0.05) is 37.0 Å². The van der Waals surface area contributed by atoms with Crippen molar-refractivity contribution in [2.45, 2.75) is 114 Å². The topological polar surface area (TPSA) is 144 Å². The van der Waals surface area contributed by atoms with Crippen LogP contribution in [0.2, 0.25) is 0 Å². The lowest BCUT2D eigenvalue weighted by Gasteiger charge is -2.45. The van der Waals surface area contributed by atoms with Crippen LogP contribution in [0.5, 0.6) is 5.75 Å². The molecular formula is C42H56N4O6. The summed E-state index contributed by atoms with van der Waals surface area (Å²) in [5.74, 6) is 1.04. The molecule has 5 aliphatic rings. The second-order valence-electron chi connectivity index (χ2n) is 16.0. The van der Waals surface area contributed by atoms with Crippen molar-refractivity contribution in [2.75, 3.05) is 32.7 Å². The number of hydrogen-bond acceptors (Lipinski definition) is 8. The lowest BCUT2D eigenvalue weighted by atomic mass is 9.69. The Bertz CT molecular complexity index is 1750. The van der Waals surface area contributed by atoms with Crippen molar-refractivity contribution in [1.82, 2.24) is 20.5 Å². The van der Waals surface area contributed by atoms with Gasteiger partial charge in [0.25, 0.3) is 0 Å². The Morgan fingerprint density at radius 1 is 0.981 bits per heavy atom. The van der Waals surface area contributed by atoms with Crippen LogP contribution in [-0.2, 0) is 26.2 Å². The number of rotatable bonds is 13. The number of amides is 1. The summed E-state index contributed by atoms with van der Waals surface area (Å²) in [4.78, 5) is 43.7. The van der Waals surface area contributed by atoms with Gasteiger partial charge in [0.05, 0.1) is 17.0 Å². The fourth-order valence-electron chi connectivity index (χ4n) is 9.43. The first-order valence-electron chi connectivity index (χ1n) is 19.8. The summed E-state index contributed by atoms with van der Waals surface area (Å²) >= 11 is 0. The molecule has 52 heavy (non-hydrogen) atoms. The summed E-state index contributed by atoms with van der Waals surface area (Å²) < 4.78 is 6.36. The molecule has 10 nitrogen and oxygen atoms in total. The first-order valence-corrected chi connectivity index (χ1v) is 19.8. The molecule has 2 saturated carbocycles. The van der Waals surface area contributed by atoms with Crippen LogP contribution in [0.25, 0.3) is 10.9 Å². The molecule has 5 N–H and O–H groups in total. The van der Waals surface area contributed by atoms with Gasteiger partial charge in [-0.05, 0) is 125 Å². The first kappa shape index (κ1) is 36.6. The van der Waals surface area contributed by atoms with Crippen LogP contribution in [0.15, 0.2) is 53.3 Å². The Morgan fingerprint density at radius 2 is 1.77 bits per heavy atom. The van der Waals surface area contributed by atoms with Gasteiger partial charge in [-0.25, -0.2) is 0 Å². The Kier molecular flexibility index (Phi) is 11.6. The van der Waals surface area contributed by atoms with E-state index in [-0.39, 0.29) is 35.3 Å². The molecule has 2 aromatic carbocycles. The first-order chi connectivity index (χ1) is 25.3. The van der Waals surface area contributed by atoms with Crippen molar-refractivity contribution in [3.05, 3.63) is 75.6 Å². The number of phenols is 1. The van der Waals surface area contributed by atoms with Crippen LogP contribution < -0.4 is 16.2 Å². The minimum Gasteiger partial charge on any atom is -0.506 e. The summed E-state index contributed by atoms with van der Waals surface area (Å²) in [5, 5.41) is 28.3. The third-order valence-corrected chi connectivity index (χ3v) is 12.5. The predicted molar refractivity (Wildman–Crippen MR) is 201 cm³/mol. The number of carbonyl (C=O) groups is 2. The highest BCUT2D eigenvalue weighted by molar-refractivity contribution is 5.87. The number of H-pyrrole nitrogens is 1. The molecule has 5 fully saturated rings. The van der Waals surface area contributed by atoms with Crippen molar-refractivity contribution < 1.29 is 24.5 Å². The number of piperidine rings is 3. The summed E-state index contributed by atoms with van der Waals surface area (Å²) in [6.45, 7) is 4.29. The van der Waals surface area contributed by atoms with Gasteiger partial charge in [-0.2, -0.15) is 0 Å². The number of aryl methyl sites for hydroxylation is 1. The van der Waals surface area contributed by atoms with Crippen LogP contribution in [-0.4, -0.2) is 76.8 Å². The number of esters is 1. The third-order valence-electron chi connectivity index (χ3n) is 12.5. The van der Waals surface area contributed by atoms with Gasteiger partial charge in [0.1, 0.15) is 11.9 Å². The molecule has 1 aromatic heterocycles. The van der Waals surface area contributed by atoms with Crippen molar-refractivity contribution in [3.63, 3.8) is 0 Å². The highest BCUT2D eigenvalue weighted by Crippen LogP contribution is 2.42. The number of fused-ring (bicyclic) bond motifs is 4. The molecule has 10 heteroatoms. The summed E-state index contributed by atoms with van der Waals surface area (Å²) in [6.07, 6.45) is 12.4. The molecule has 0 spiro atoms. The molecule has 3 aromatic rings. The summed E-state index contributed by atoms with van der Waals surface area (Å²) in [7, 11) is 0. The SMILES string of the molecule is O=C(CCCc1cccc(C2(C(=O)O[C@H]3CN4CCC3CC4)CCCCC2)c1)NC1CCC(CNC[C@@H](O)c2ccc(O)c3[nH]c(=O)ccc23)CC1. The quantitative estimate of drug-likeness (QED) is 0.149. The molecule has 0 radical (unpaired) electrons. The number of ether oxygens (including phenoxy) is 1. The molecule has 2 atom stereocenters. The third kappa shape index (κ3) is 8.40. The minimum atomic E-state index is -0.781. The van der Waals surface area contributed by atoms with Crippen molar-refractivity contribution in [3.8, 4) is 5.75 Å². The Morgan fingerprint density at radius 3 is 2.52 bits per heavy atom. The van der Waals surface area contributed by atoms with E-state index in [1.54, 1.807) is 12.1 Å². The Balaban J connectivity index is 0.836. The highest BCUT2D eigenvalue weighted by atomic mass is 16.5. The zero-order valence-corrected chi connectivity index (χ0v) is 30.4. The normalized spacial score (nSPS) is 26.1. The maximum Gasteiger partial charge on any atom is 0.316 e. The number of benzene rings is 2. The van der Waals surface area contributed by atoms with Crippen LogP contribution in [0.4, 0.5) is 0 Å². The Hall–Kier alpha value is -3.73. The monoisotopic (exact) mass is 712 g/mol. The number of nitrogens with one attached hydrogen (secondary N) is 3. The van der Waals surface area contributed by atoms with E-state index in [2.05, 4.69) is 44.8 Å². The number of nitrogens with zero attached hydrogens (tertiary/aromatic N) is 1. The number of phenolic OH excluding ortho intramolecular Hbond substituents is 1. The van der Waals surface area contributed by atoms with E-state index in [0.717, 1.165) is 115 Å². The molecule has 1 amide bonds. The summed E-state index contributed by atoms with van der Waals surface area (Å²) in [6, 6.07) is 14.9. The second-order valence-corrected chi connectivity index (χ2v) is 16.0. The number of aromatic hydroxyl groups is 1. The fraction of sp³-hybridized carbons (Fsp3) is 0.595. The number of pyridine rings is 1. The molecule has 0 unspecified atom stereocenters. The standard InChI is InChI=1S/C42H56N4O6/c47-35-16-14-33(34-15-17-39(50)45-40(34)35)36(48)26-43-25-29-10-12-32(13-11-29)44-38(49)9-5-7-28-6-4-8-31(24-28)42(20-2-1-3-21-42)41(51)52-37-27-46-22-18-30(37)19-23-46/h4,6,8,14-17,24,29-30,32,36-37,43,47-48H,1-3,5,7,9-13,18-23,25-27H2,(H,44,49)(H,45,50)/t29?,32?,36-,37+/m1/s1. The van der Waals surface area contributed by atoms with Gasteiger partial charge < -0.3 is 30.6 Å². The zero-order valence-electron chi connectivity index (χ0n) is 30.4.